The molecule has 0 aromatic heterocycles. The highest BCUT2D eigenvalue weighted by Crippen LogP contribution is 2.32. The summed E-state index contributed by atoms with van der Waals surface area (Å²) < 4.78 is 13.1. The SMILES string of the molecule is CNC(C)c1ccc(Br)cc1OC1CC(C)OC(C)C1. The summed E-state index contributed by atoms with van der Waals surface area (Å²) in [6.07, 6.45) is 2.65. The lowest BCUT2D eigenvalue weighted by Crippen LogP contribution is -2.36. The van der Waals surface area contributed by atoms with Crippen molar-refractivity contribution in [2.45, 2.75) is 58.0 Å². The second-order valence-corrected chi connectivity index (χ2v) is 6.58. The lowest BCUT2D eigenvalue weighted by atomic mass is 10.0. The summed E-state index contributed by atoms with van der Waals surface area (Å²) >= 11 is 3.53. The van der Waals surface area contributed by atoms with Crippen LogP contribution in [0, 0.1) is 0 Å². The first-order valence-electron chi connectivity index (χ1n) is 7.28. The van der Waals surface area contributed by atoms with Gasteiger partial charge in [0.25, 0.3) is 0 Å². The summed E-state index contributed by atoms with van der Waals surface area (Å²) in [6, 6.07) is 6.51. The predicted octanol–water partition coefficient (Wildman–Crippen LogP) is 4.06. The number of hydrogen-bond donors (Lipinski definition) is 1. The van der Waals surface area contributed by atoms with Gasteiger partial charge in [0.2, 0.25) is 0 Å². The van der Waals surface area contributed by atoms with E-state index < -0.39 is 0 Å². The maximum atomic E-state index is 6.28. The highest BCUT2D eigenvalue weighted by atomic mass is 79.9. The van der Waals surface area contributed by atoms with Gasteiger partial charge in [-0.15, -0.1) is 0 Å². The third-order valence-electron chi connectivity index (χ3n) is 3.82. The van der Waals surface area contributed by atoms with E-state index in [1.54, 1.807) is 0 Å². The molecule has 0 saturated carbocycles. The Balaban J connectivity index is 2.17. The van der Waals surface area contributed by atoms with Gasteiger partial charge in [0.15, 0.2) is 0 Å². The zero-order chi connectivity index (χ0) is 14.7. The van der Waals surface area contributed by atoms with Crippen LogP contribution >= 0.6 is 15.9 Å². The highest BCUT2D eigenvalue weighted by molar-refractivity contribution is 9.10. The van der Waals surface area contributed by atoms with E-state index in [0.29, 0.717) is 0 Å². The lowest BCUT2D eigenvalue weighted by Gasteiger charge is -2.33. The van der Waals surface area contributed by atoms with Crippen LogP contribution in [0.15, 0.2) is 22.7 Å². The molecule has 1 heterocycles. The third kappa shape index (κ3) is 3.96. The van der Waals surface area contributed by atoms with E-state index in [1.807, 2.05) is 7.05 Å². The molecule has 1 aliphatic heterocycles. The molecule has 1 fully saturated rings. The summed E-state index contributed by atoms with van der Waals surface area (Å²) in [5.74, 6) is 0.965. The van der Waals surface area contributed by atoms with E-state index in [-0.39, 0.29) is 24.4 Å². The largest absolute Gasteiger partial charge is 0.490 e. The maximum Gasteiger partial charge on any atom is 0.125 e. The Morgan fingerprint density at radius 3 is 2.55 bits per heavy atom. The summed E-state index contributed by atoms with van der Waals surface area (Å²) in [7, 11) is 1.97. The van der Waals surface area contributed by atoms with Gasteiger partial charge in [-0.2, -0.15) is 0 Å². The average Bonchev–Trinajstić information content (AvgIpc) is 2.37. The van der Waals surface area contributed by atoms with Crippen LogP contribution in [0.2, 0.25) is 0 Å². The van der Waals surface area contributed by atoms with E-state index in [4.69, 9.17) is 9.47 Å². The van der Waals surface area contributed by atoms with E-state index in [2.05, 4.69) is 60.2 Å². The normalized spacial score (nSPS) is 28.1. The van der Waals surface area contributed by atoms with Gasteiger partial charge in [-0.05, 0) is 40.0 Å². The van der Waals surface area contributed by atoms with Crippen molar-refractivity contribution in [3.05, 3.63) is 28.2 Å². The van der Waals surface area contributed by atoms with Crippen LogP contribution in [0.1, 0.15) is 45.2 Å². The van der Waals surface area contributed by atoms with E-state index in [0.717, 1.165) is 23.1 Å². The van der Waals surface area contributed by atoms with Crippen molar-refractivity contribution in [2.24, 2.45) is 0 Å². The number of halogens is 1. The molecule has 1 aromatic rings. The Kier molecular flexibility index (Phi) is 5.47. The van der Waals surface area contributed by atoms with Crippen LogP contribution in [-0.4, -0.2) is 25.4 Å². The first-order chi connectivity index (χ1) is 9.49. The Hall–Kier alpha value is -0.580. The van der Waals surface area contributed by atoms with E-state index >= 15 is 0 Å². The molecule has 20 heavy (non-hydrogen) atoms. The number of benzene rings is 1. The molecule has 3 nitrogen and oxygen atoms in total. The van der Waals surface area contributed by atoms with Gasteiger partial charge in [0.1, 0.15) is 11.9 Å². The minimum Gasteiger partial charge on any atom is -0.490 e. The molecule has 1 aromatic carbocycles. The molecule has 1 aliphatic rings. The Morgan fingerprint density at radius 1 is 1.30 bits per heavy atom. The van der Waals surface area contributed by atoms with Gasteiger partial charge >= 0.3 is 0 Å². The molecule has 0 bridgehead atoms. The Bertz CT molecular complexity index is 442. The quantitative estimate of drug-likeness (QED) is 0.895. The molecule has 0 amide bonds. The van der Waals surface area contributed by atoms with Gasteiger partial charge in [-0.1, -0.05) is 22.0 Å². The van der Waals surface area contributed by atoms with Gasteiger partial charge in [0, 0.05) is 28.9 Å². The van der Waals surface area contributed by atoms with Crippen LogP contribution in [-0.2, 0) is 4.74 Å². The molecule has 0 radical (unpaired) electrons. The molecule has 1 N–H and O–H groups in total. The number of ether oxygens (including phenoxy) is 2. The molecular formula is C16H24BrNO2. The third-order valence-corrected chi connectivity index (χ3v) is 4.32. The molecule has 0 spiro atoms. The zero-order valence-corrected chi connectivity index (χ0v) is 14.2. The summed E-state index contributed by atoms with van der Waals surface area (Å²) in [4.78, 5) is 0. The Labute approximate surface area is 130 Å². The standard InChI is InChI=1S/C16H24BrNO2/c1-10-7-14(8-11(2)19-10)20-16-9-13(17)5-6-15(16)12(3)18-4/h5-6,9-12,14,18H,7-8H2,1-4H3. The van der Waals surface area contributed by atoms with E-state index in [1.165, 1.54) is 5.56 Å². The van der Waals surface area contributed by atoms with Crippen LogP contribution in [0.4, 0.5) is 0 Å². The average molecular weight is 342 g/mol. The molecular weight excluding hydrogens is 318 g/mol. The topological polar surface area (TPSA) is 30.5 Å². The highest BCUT2D eigenvalue weighted by Gasteiger charge is 2.26. The Morgan fingerprint density at radius 2 is 1.95 bits per heavy atom. The first-order valence-corrected chi connectivity index (χ1v) is 8.07. The number of nitrogens with one attached hydrogen (secondary N) is 1. The fourth-order valence-electron chi connectivity index (χ4n) is 2.74. The molecule has 3 unspecified atom stereocenters. The second kappa shape index (κ2) is 6.92. The maximum absolute atomic E-state index is 6.28. The van der Waals surface area contributed by atoms with Crippen molar-refractivity contribution >= 4 is 15.9 Å². The van der Waals surface area contributed by atoms with Crippen molar-refractivity contribution in [1.29, 1.82) is 0 Å². The first kappa shape index (κ1) is 15.8. The minimum atomic E-state index is 0.228. The van der Waals surface area contributed by atoms with Crippen LogP contribution in [0.5, 0.6) is 5.75 Å². The fourth-order valence-corrected chi connectivity index (χ4v) is 3.08. The zero-order valence-electron chi connectivity index (χ0n) is 12.7. The summed E-state index contributed by atoms with van der Waals surface area (Å²) in [6.45, 7) is 6.37. The monoisotopic (exact) mass is 341 g/mol. The van der Waals surface area contributed by atoms with E-state index in [9.17, 15) is 0 Å². The molecule has 4 heteroatoms. The molecule has 0 aliphatic carbocycles. The molecule has 3 atom stereocenters. The van der Waals surface area contributed by atoms with Gasteiger partial charge in [0.05, 0.1) is 12.2 Å². The summed E-state index contributed by atoms with van der Waals surface area (Å²) in [5, 5.41) is 3.28. The minimum absolute atomic E-state index is 0.228. The van der Waals surface area contributed by atoms with Gasteiger partial charge < -0.3 is 14.8 Å². The van der Waals surface area contributed by atoms with Crippen molar-refractivity contribution in [1.82, 2.24) is 5.32 Å². The van der Waals surface area contributed by atoms with Crippen LogP contribution < -0.4 is 10.1 Å². The molecule has 112 valence electrons. The van der Waals surface area contributed by atoms with Crippen molar-refractivity contribution in [3.63, 3.8) is 0 Å². The molecule has 2 rings (SSSR count). The van der Waals surface area contributed by atoms with Crippen molar-refractivity contribution in [3.8, 4) is 5.75 Å². The number of rotatable bonds is 4. The van der Waals surface area contributed by atoms with Crippen LogP contribution in [0.25, 0.3) is 0 Å². The smallest absolute Gasteiger partial charge is 0.125 e. The van der Waals surface area contributed by atoms with Crippen molar-refractivity contribution < 1.29 is 9.47 Å². The predicted molar refractivity (Wildman–Crippen MR) is 85.3 cm³/mol. The van der Waals surface area contributed by atoms with Gasteiger partial charge in [-0.25, -0.2) is 0 Å². The van der Waals surface area contributed by atoms with Gasteiger partial charge in [-0.3, -0.25) is 0 Å². The second-order valence-electron chi connectivity index (χ2n) is 5.66. The summed E-state index contributed by atoms with van der Waals surface area (Å²) in [5.41, 5.74) is 1.20. The van der Waals surface area contributed by atoms with Crippen molar-refractivity contribution in [2.75, 3.05) is 7.05 Å². The molecule has 1 saturated heterocycles. The van der Waals surface area contributed by atoms with Crippen LogP contribution in [0.3, 0.4) is 0 Å². The number of hydrogen-bond acceptors (Lipinski definition) is 3. The fraction of sp³-hybridized carbons (Fsp3) is 0.625. The lowest BCUT2D eigenvalue weighted by molar-refractivity contribution is -0.0723.